The lowest BCUT2D eigenvalue weighted by molar-refractivity contribution is -0.173. The lowest BCUT2D eigenvalue weighted by Crippen LogP contribution is -2.74. The summed E-state index contributed by atoms with van der Waals surface area (Å²) < 4.78 is 6.70. The zero-order chi connectivity index (χ0) is 26.8. The van der Waals surface area contributed by atoms with E-state index in [-0.39, 0.29) is 17.7 Å². The van der Waals surface area contributed by atoms with Gasteiger partial charge in [-0.15, -0.1) is 0 Å². The first-order valence-corrected chi connectivity index (χ1v) is 14.5. The number of ether oxygens (including phenoxy) is 1. The number of aliphatic hydroxyl groups is 1. The van der Waals surface area contributed by atoms with Crippen LogP contribution < -0.4 is 10.1 Å². The van der Waals surface area contributed by atoms with Crippen LogP contribution in [0.1, 0.15) is 58.1 Å². The fourth-order valence-corrected chi connectivity index (χ4v) is 8.53. The van der Waals surface area contributed by atoms with E-state index in [1.807, 2.05) is 36.4 Å². The molecule has 1 spiro atoms. The maximum Gasteiger partial charge on any atom is 0.255 e. The van der Waals surface area contributed by atoms with Crippen LogP contribution in [0, 0.1) is 5.92 Å². The lowest BCUT2D eigenvalue weighted by Gasteiger charge is -2.62. The third kappa shape index (κ3) is 2.79. The number of nitrogens with zero attached hydrogens (tertiary/aromatic N) is 1. The van der Waals surface area contributed by atoms with Crippen molar-refractivity contribution in [3.8, 4) is 11.5 Å². The van der Waals surface area contributed by atoms with Crippen molar-refractivity contribution in [2.75, 3.05) is 18.4 Å². The van der Waals surface area contributed by atoms with Crippen LogP contribution in [0.5, 0.6) is 11.5 Å². The second-order valence-corrected chi connectivity index (χ2v) is 12.5. The first kappa shape index (κ1) is 22.9. The van der Waals surface area contributed by atoms with Crippen LogP contribution in [0.25, 0.3) is 10.9 Å². The fraction of sp³-hybridized carbons (Fsp3) is 0.364. The van der Waals surface area contributed by atoms with E-state index in [1.165, 1.54) is 18.4 Å². The molecule has 4 aromatic rings. The molecule has 7 heteroatoms. The summed E-state index contributed by atoms with van der Waals surface area (Å²) in [5, 5.41) is 28.0. The summed E-state index contributed by atoms with van der Waals surface area (Å²) in [6.45, 7) is 1.94. The molecule has 2 bridgehead atoms. The van der Waals surface area contributed by atoms with E-state index in [0.29, 0.717) is 23.4 Å². The van der Waals surface area contributed by atoms with Gasteiger partial charge in [0.05, 0.1) is 27.9 Å². The molecule has 202 valence electrons. The van der Waals surface area contributed by atoms with E-state index in [4.69, 9.17) is 4.74 Å². The van der Waals surface area contributed by atoms with Gasteiger partial charge in [-0.1, -0.05) is 36.4 Å². The Balaban J connectivity index is 1.22. The third-order valence-electron chi connectivity index (χ3n) is 10.5. The lowest BCUT2D eigenvalue weighted by atomic mass is 9.49. The van der Waals surface area contributed by atoms with Gasteiger partial charge in [0.25, 0.3) is 5.91 Å². The molecule has 9 rings (SSSR count). The number of fused-ring (bicyclic) bond motifs is 4. The zero-order valence-electron chi connectivity index (χ0n) is 22.1. The van der Waals surface area contributed by atoms with Crippen molar-refractivity contribution in [3.63, 3.8) is 0 Å². The average molecular weight is 534 g/mol. The standard InChI is InChI=1S/C33H31N3O4/c37-24-12-11-20-15-25-33(39)16-22-21-7-4-8-23(34-31(38)19-5-2-1-3-6-19)27(21)35-28(22)30-32(33,26(20)29(24)40-30)13-14-36(25)17-18-9-10-18/h1-8,11-12,18,25,30,35,37,39H,9-10,13-17H2,(H,34,38)/t25-,30?,32+,33-/m1/s1. The molecule has 0 radical (unpaired) electrons. The molecule has 4 atom stereocenters. The Kier molecular flexibility index (Phi) is 4.41. The normalized spacial score (nSPS) is 29.5. The minimum atomic E-state index is -1.04. The Morgan fingerprint density at radius 3 is 2.77 bits per heavy atom. The number of amides is 1. The highest BCUT2D eigenvalue weighted by Gasteiger charge is 2.72. The number of likely N-dealkylation sites (tertiary alicyclic amines) is 1. The predicted molar refractivity (Wildman–Crippen MR) is 151 cm³/mol. The van der Waals surface area contributed by atoms with Crippen LogP contribution >= 0.6 is 0 Å². The van der Waals surface area contributed by atoms with Crippen LogP contribution in [-0.2, 0) is 18.3 Å². The van der Waals surface area contributed by atoms with Gasteiger partial charge in [-0.25, -0.2) is 0 Å². The molecular formula is C33H31N3O4. The van der Waals surface area contributed by atoms with Gasteiger partial charge < -0.3 is 25.3 Å². The number of para-hydroxylation sites is 1. The van der Waals surface area contributed by atoms with Crippen LogP contribution in [0.2, 0.25) is 0 Å². The number of carbonyl (C=O) groups is 1. The Morgan fingerprint density at radius 1 is 1.10 bits per heavy atom. The van der Waals surface area contributed by atoms with Crippen molar-refractivity contribution in [1.82, 2.24) is 9.88 Å². The van der Waals surface area contributed by atoms with Crippen LogP contribution in [0.15, 0.2) is 60.7 Å². The van der Waals surface area contributed by atoms with Gasteiger partial charge in [-0.3, -0.25) is 9.69 Å². The summed E-state index contributed by atoms with van der Waals surface area (Å²) >= 11 is 0. The number of piperidine rings is 1. The van der Waals surface area contributed by atoms with Crippen molar-refractivity contribution >= 4 is 22.5 Å². The molecule has 4 N–H and O–H groups in total. The van der Waals surface area contributed by atoms with Crippen LogP contribution in [-0.4, -0.2) is 50.7 Å². The summed E-state index contributed by atoms with van der Waals surface area (Å²) in [5.74, 6) is 1.22. The second-order valence-electron chi connectivity index (χ2n) is 12.5. The molecule has 2 aliphatic heterocycles. The molecule has 1 amide bonds. The number of phenolic OH excluding ortho intramolecular Hbond substituents is 1. The van der Waals surface area contributed by atoms with Crippen molar-refractivity contribution in [2.24, 2.45) is 5.92 Å². The monoisotopic (exact) mass is 533 g/mol. The molecule has 7 nitrogen and oxygen atoms in total. The van der Waals surface area contributed by atoms with Gasteiger partial charge in [0.1, 0.15) is 0 Å². The van der Waals surface area contributed by atoms with Gasteiger partial charge >= 0.3 is 0 Å². The molecule has 3 aromatic carbocycles. The highest BCUT2D eigenvalue weighted by Crippen LogP contribution is 2.69. The SMILES string of the molecule is O=C(Nc1cccc2c3c([nH]c12)C1Oc2c(O)ccc4c2[C@@]12CCN(CC1CC1)[C@H](C4)[C@]2(O)C3)c1ccccc1. The van der Waals surface area contributed by atoms with Crippen molar-refractivity contribution in [2.45, 2.75) is 55.3 Å². The summed E-state index contributed by atoms with van der Waals surface area (Å²) in [5.41, 5.74) is 4.63. The number of phenols is 1. The number of hydrogen-bond donors (Lipinski definition) is 4. The van der Waals surface area contributed by atoms with E-state index in [9.17, 15) is 15.0 Å². The number of carbonyl (C=O) groups excluding carboxylic acids is 1. The molecular weight excluding hydrogens is 502 g/mol. The van der Waals surface area contributed by atoms with Crippen LogP contribution in [0.4, 0.5) is 5.69 Å². The topological polar surface area (TPSA) is 97.8 Å². The first-order chi connectivity index (χ1) is 19.5. The Labute approximate surface area is 231 Å². The van der Waals surface area contributed by atoms with Crippen molar-refractivity contribution < 1.29 is 19.7 Å². The number of aromatic hydroxyl groups is 1. The molecule has 3 heterocycles. The Hall–Kier alpha value is -3.81. The molecule has 1 unspecified atom stereocenters. The molecule has 5 aliphatic rings. The number of hydrogen-bond acceptors (Lipinski definition) is 5. The van der Waals surface area contributed by atoms with Gasteiger partial charge in [-0.2, -0.15) is 0 Å². The number of nitrogens with one attached hydrogen (secondary N) is 2. The first-order valence-electron chi connectivity index (χ1n) is 14.5. The Morgan fingerprint density at radius 2 is 1.95 bits per heavy atom. The minimum absolute atomic E-state index is 0.0185. The summed E-state index contributed by atoms with van der Waals surface area (Å²) in [4.78, 5) is 19.3. The van der Waals surface area contributed by atoms with E-state index < -0.39 is 17.1 Å². The summed E-state index contributed by atoms with van der Waals surface area (Å²) in [6.07, 6.45) is 4.12. The van der Waals surface area contributed by atoms with E-state index in [2.05, 4.69) is 21.3 Å². The molecule has 3 aliphatic carbocycles. The quantitative estimate of drug-likeness (QED) is 0.302. The van der Waals surface area contributed by atoms with Gasteiger partial charge in [0.15, 0.2) is 17.6 Å². The van der Waals surface area contributed by atoms with E-state index >= 15 is 0 Å². The Bertz CT molecular complexity index is 1730. The number of aromatic amines is 1. The maximum atomic E-state index is 13.1. The number of benzene rings is 3. The third-order valence-corrected chi connectivity index (χ3v) is 10.5. The van der Waals surface area contributed by atoms with E-state index in [0.717, 1.165) is 59.6 Å². The minimum Gasteiger partial charge on any atom is -0.504 e. The largest absolute Gasteiger partial charge is 0.504 e. The molecule has 40 heavy (non-hydrogen) atoms. The average Bonchev–Trinajstić information content (AvgIpc) is 3.60. The highest BCUT2D eigenvalue weighted by atomic mass is 16.5. The van der Waals surface area contributed by atoms with Crippen molar-refractivity contribution in [1.29, 1.82) is 0 Å². The predicted octanol–water partition coefficient (Wildman–Crippen LogP) is 4.82. The number of aromatic nitrogens is 1. The van der Waals surface area contributed by atoms with Crippen LogP contribution in [0.3, 0.4) is 0 Å². The molecule has 2 fully saturated rings. The highest BCUT2D eigenvalue weighted by molar-refractivity contribution is 6.09. The van der Waals surface area contributed by atoms with Gasteiger partial charge in [0.2, 0.25) is 0 Å². The number of rotatable bonds is 4. The fourth-order valence-electron chi connectivity index (χ4n) is 8.53. The van der Waals surface area contributed by atoms with Gasteiger partial charge in [-0.05, 0) is 73.5 Å². The van der Waals surface area contributed by atoms with Gasteiger partial charge in [0, 0.05) is 35.5 Å². The summed E-state index contributed by atoms with van der Waals surface area (Å²) in [6, 6.07) is 18.9. The van der Waals surface area contributed by atoms with E-state index in [1.54, 1.807) is 18.2 Å². The molecule has 1 saturated heterocycles. The number of H-pyrrole nitrogens is 1. The van der Waals surface area contributed by atoms with Crippen molar-refractivity contribution in [3.05, 3.63) is 88.6 Å². The maximum absolute atomic E-state index is 13.1. The molecule has 1 aromatic heterocycles. The smallest absolute Gasteiger partial charge is 0.255 e. The molecule has 1 saturated carbocycles. The summed E-state index contributed by atoms with van der Waals surface area (Å²) in [7, 11) is 0. The second kappa shape index (κ2) is 7.68. The zero-order valence-corrected chi connectivity index (χ0v) is 22.1. The number of anilines is 1.